The minimum absolute atomic E-state index is 0.142. The standard InChI is InChI=1S/C21H26N6O3S/c1-14-13-30-9-8-27(14)21-17-11-26(31(28,29)25(2)3)12-19(17)23-20(24-21)16-10-22-18-7-5-4-6-15(16)18/h4-7,10,14,22H,8-9,11-13H2,1-3H3. The first-order valence-electron chi connectivity index (χ1n) is 10.3. The second-order valence-electron chi connectivity index (χ2n) is 8.22. The summed E-state index contributed by atoms with van der Waals surface area (Å²) in [6.45, 7) is 4.54. The molecule has 0 saturated carbocycles. The third-order valence-corrected chi connectivity index (χ3v) is 7.82. The molecule has 1 saturated heterocycles. The lowest BCUT2D eigenvalue weighted by atomic mass is 10.1. The first-order valence-corrected chi connectivity index (χ1v) is 11.7. The predicted molar refractivity (Wildman–Crippen MR) is 119 cm³/mol. The number of ether oxygens (including phenoxy) is 1. The van der Waals surface area contributed by atoms with Crippen molar-refractivity contribution in [1.82, 2.24) is 23.6 Å². The summed E-state index contributed by atoms with van der Waals surface area (Å²) in [7, 11) is -0.461. The van der Waals surface area contributed by atoms with Crippen molar-refractivity contribution in [2.75, 3.05) is 38.8 Å². The van der Waals surface area contributed by atoms with Crippen LogP contribution in [0, 0.1) is 0 Å². The van der Waals surface area contributed by atoms with Gasteiger partial charge in [0.1, 0.15) is 5.82 Å². The van der Waals surface area contributed by atoms with Gasteiger partial charge in [-0.3, -0.25) is 0 Å². The second-order valence-corrected chi connectivity index (χ2v) is 10.4. The Morgan fingerprint density at radius 2 is 2.00 bits per heavy atom. The normalized spacial score (nSPS) is 20.0. The highest BCUT2D eigenvalue weighted by atomic mass is 32.2. The van der Waals surface area contributed by atoms with E-state index in [0.29, 0.717) is 25.6 Å². The number of aromatic nitrogens is 3. The van der Waals surface area contributed by atoms with E-state index >= 15 is 0 Å². The molecule has 0 radical (unpaired) electrons. The molecule has 9 nitrogen and oxygen atoms in total. The van der Waals surface area contributed by atoms with Gasteiger partial charge in [-0.2, -0.15) is 17.0 Å². The Labute approximate surface area is 181 Å². The van der Waals surface area contributed by atoms with Crippen LogP contribution >= 0.6 is 0 Å². The maximum Gasteiger partial charge on any atom is 0.282 e. The molecule has 1 atom stereocenters. The molecule has 4 heterocycles. The average molecular weight is 443 g/mol. The summed E-state index contributed by atoms with van der Waals surface area (Å²) in [5.74, 6) is 1.41. The van der Waals surface area contributed by atoms with E-state index in [1.165, 1.54) is 8.61 Å². The minimum atomic E-state index is -3.56. The third kappa shape index (κ3) is 3.39. The molecule has 1 N–H and O–H groups in total. The zero-order valence-electron chi connectivity index (χ0n) is 17.9. The number of fused-ring (bicyclic) bond motifs is 2. The van der Waals surface area contributed by atoms with E-state index < -0.39 is 10.2 Å². The van der Waals surface area contributed by atoms with Gasteiger partial charge in [-0.25, -0.2) is 9.97 Å². The van der Waals surface area contributed by atoms with Gasteiger partial charge in [0.25, 0.3) is 10.2 Å². The molecular formula is C21H26N6O3S. The van der Waals surface area contributed by atoms with E-state index in [1.54, 1.807) is 14.1 Å². The van der Waals surface area contributed by atoms with E-state index in [4.69, 9.17) is 14.7 Å². The molecule has 0 amide bonds. The number of morpholine rings is 1. The van der Waals surface area contributed by atoms with Crippen molar-refractivity contribution in [3.63, 3.8) is 0 Å². The van der Waals surface area contributed by atoms with Crippen LogP contribution in [0.2, 0.25) is 0 Å². The molecule has 2 aliphatic rings. The number of nitrogens with one attached hydrogen (secondary N) is 1. The first kappa shape index (κ1) is 20.4. The molecule has 0 aliphatic carbocycles. The predicted octanol–water partition coefficient (Wildman–Crippen LogP) is 1.97. The number of hydrogen-bond donors (Lipinski definition) is 1. The fourth-order valence-corrected chi connectivity index (χ4v) is 5.30. The number of nitrogens with zero attached hydrogens (tertiary/aromatic N) is 5. The number of hydrogen-bond acceptors (Lipinski definition) is 6. The molecule has 0 bridgehead atoms. The smallest absolute Gasteiger partial charge is 0.282 e. The summed E-state index contributed by atoms with van der Waals surface area (Å²) < 4.78 is 33.9. The highest BCUT2D eigenvalue weighted by Gasteiger charge is 2.36. The fourth-order valence-electron chi connectivity index (χ4n) is 4.26. The van der Waals surface area contributed by atoms with Crippen LogP contribution in [-0.2, 0) is 28.0 Å². The van der Waals surface area contributed by atoms with E-state index in [9.17, 15) is 8.42 Å². The topological polar surface area (TPSA) is 94.7 Å². The van der Waals surface area contributed by atoms with Gasteiger partial charge in [0.15, 0.2) is 5.82 Å². The molecule has 1 fully saturated rings. The van der Waals surface area contributed by atoms with Crippen LogP contribution in [-0.4, -0.2) is 71.9 Å². The van der Waals surface area contributed by atoms with E-state index in [1.807, 2.05) is 30.5 Å². The largest absolute Gasteiger partial charge is 0.377 e. The van der Waals surface area contributed by atoms with Crippen molar-refractivity contribution in [3.8, 4) is 11.4 Å². The van der Waals surface area contributed by atoms with Crippen LogP contribution in [0.5, 0.6) is 0 Å². The maximum absolute atomic E-state index is 12.8. The van der Waals surface area contributed by atoms with Crippen LogP contribution in [0.15, 0.2) is 30.5 Å². The van der Waals surface area contributed by atoms with Gasteiger partial charge in [0.05, 0.1) is 31.5 Å². The number of para-hydroxylation sites is 1. The number of aromatic amines is 1. The van der Waals surface area contributed by atoms with Crippen molar-refractivity contribution in [1.29, 1.82) is 0 Å². The summed E-state index contributed by atoms with van der Waals surface area (Å²) in [6, 6.07) is 8.17. The molecule has 5 rings (SSSR count). The monoisotopic (exact) mass is 442 g/mol. The molecular weight excluding hydrogens is 416 g/mol. The van der Waals surface area contributed by atoms with Crippen LogP contribution in [0.3, 0.4) is 0 Å². The quantitative estimate of drug-likeness (QED) is 0.664. The highest BCUT2D eigenvalue weighted by molar-refractivity contribution is 7.86. The zero-order chi connectivity index (χ0) is 21.8. The Kier molecular flexibility index (Phi) is 4.97. The summed E-state index contributed by atoms with van der Waals surface area (Å²) in [5, 5.41) is 1.04. The SMILES string of the molecule is CC1COCCN1c1nc(-c2c[nH]c3ccccc23)nc2c1CN(S(=O)(=O)N(C)C)C2. The van der Waals surface area contributed by atoms with Gasteiger partial charge >= 0.3 is 0 Å². The number of benzene rings is 1. The van der Waals surface area contributed by atoms with Gasteiger partial charge in [0.2, 0.25) is 0 Å². The Hall–Kier alpha value is -2.53. The van der Waals surface area contributed by atoms with Gasteiger partial charge in [-0.15, -0.1) is 0 Å². The average Bonchev–Trinajstić information content (AvgIpc) is 3.38. The lowest BCUT2D eigenvalue weighted by Crippen LogP contribution is -2.44. The van der Waals surface area contributed by atoms with Gasteiger partial charge in [-0.05, 0) is 13.0 Å². The van der Waals surface area contributed by atoms with Crippen molar-refractivity contribution < 1.29 is 13.2 Å². The van der Waals surface area contributed by atoms with Crippen molar-refractivity contribution >= 4 is 26.9 Å². The molecule has 31 heavy (non-hydrogen) atoms. The first-order chi connectivity index (χ1) is 14.9. The molecule has 2 aliphatic heterocycles. The Morgan fingerprint density at radius 1 is 1.19 bits per heavy atom. The third-order valence-electron chi connectivity index (χ3n) is 5.99. The summed E-state index contributed by atoms with van der Waals surface area (Å²) in [4.78, 5) is 15.3. The number of H-pyrrole nitrogens is 1. The van der Waals surface area contributed by atoms with Crippen LogP contribution in [0.25, 0.3) is 22.3 Å². The van der Waals surface area contributed by atoms with E-state index in [-0.39, 0.29) is 19.1 Å². The number of rotatable bonds is 4. The zero-order valence-corrected chi connectivity index (χ0v) is 18.7. The molecule has 2 aromatic heterocycles. The summed E-state index contributed by atoms with van der Waals surface area (Å²) in [6.07, 6.45) is 1.92. The van der Waals surface area contributed by atoms with Gasteiger partial charge in [-0.1, -0.05) is 18.2 Å². The van der Waals surface area contributed by atoms with E-state index in [0.717, 1.165) is 33.5 Å². The Balaban J connectivity index is 1.65. The Bertz CT molecular complexity index is 1240. The molecule has 164 valence electrons. The molecule has 10 heteroatoms. The lowest BCUT2D eigenvalue weighted by molar-refractivity contribution is 0.0984. The minimum Gasteiger partial charge on any atom is -0.377 e. The van der Waals surface area contributed by atoms with Crippen LogP contribution in [0.4, 0.5) is 5.82 Å². The maximum atomic E-state index is 12.8. The highest BCUT2D eigenvalue weighted by Crippen LogP contribution is 2.36. The Morgan fingerprint density at radius 3 is 2.77 bits per heavy atom. The van der Waals surface area contributed by atoms with Gasteiger partial charge < -0.3 is 14.6 Å². The van der Waals surface area contributed by atoms with Gasteiger partial charge in [0, 0.05) is 55.4 Å². The molecule has 3 aromatic rings. The summed E-state index contributed by atoms with van der Waals surface area (Å²) in [5.41, 5.74) is 3.56. The van der Waals surface area contributed by atoms with Crippen molar-refractivity contribution in [2.45, 2.75) is 26.1 Å². The molecule has 1 aromatic carbocycles. The van der Waals surface area contributed by atoms with Crippen molar-refractivity contribution in [3.05, 3.63) is 41.7 Å². The fraction of sp³-hybridized carbons (Fsp3) is 0.429. The van der Waals surface area contributed by atoms with Crippen molar-refractivity contribution in [2.24, 2.45) is 0 Å². The summed E-state index contributed by atoms with van der Waals surface area (Å²) >= 11 is 0. The molecule has 0 spiro atoms. The lowest BCUT2D eigenvalue weighted by Gasteiger charge is -2.35. The molecule has 1 unspecified atom stereocenters. The van der Waals surface area contributed by atoms with E-state index in [2.05, 4.69) is 16.8 Å². The van der Waals surface area contributed by atoms with Crippen LogP contribution < -0.4 is 4.90 Å². The second kappa shape index (κ2) is 7.56. The number of anilines is 1. The van der Waals surface area contributed by atoms with Crippen LogP contribution in [0.1, 0.15) is 18.2 Å².